The molecule has 0 bridgehead atoms. The molecule has 0 aliphatic carbocycles. The summed E-state index contributed by atoms with van der Waals surface area (Å²) in [7, 11) is 1.33. The molecule has 0 aliphatic heterocycles. The van der Waals surface area contributed by atoms with E-state index in [-0.39, 0.29) is 12.4 Å². The predicted octanol–water partition coefficient (Wildman–Crippen LogP) is 1.15. The third-order valence-electron chi connectivity index (χ3n) is 1.08. The fourth-order valence-electron chi connectivity index (χ4n) is 0.586. The molecule has 0 unspecified atom stereocenters. The van der Waals surface area contributed by atoms with Crippen LogP contribution in [0, 0.1) is 0 Å². The molecule has 0 radical (unpaired) electrons. The van der Waals surface area contributed by atoms with Crippen LogP contribution in [0.5, 0.6) is 0 Å². The van der Waals surface area contributed by atoms with E-state index in [1.807, 2.05) is 0 Å². The van der Waals surface area contributed by atoms with Crippen molar-refractivity contribution in [1.82, 2.24) is 5.16 Å². The fraction of sp³-hybridized carbons (Fsp3) is 0.333. The predicted molar refractivity (Wildman–Crippen MR) is 39.9 cm³/mol. The lowest BCUT2D eigenvalue weighted by Crippen LogP contribution is -2.03. The molecule has 0 atom stereocenters. The van der Waals surface area contributed by atoms with Crippen molar-refractivity contribution in [3.05, 3.63) is 16.4 Å². The summed E-state index contributed by atoms with van der Waals surface area (Å²) in [5.41, 5.74) is 0. The average Bonchev–Trinajstić information content (AvgIpc) is 2.35. The van der Waals surface area contributed by atoms with Crippen LogP contribution < -0.4 is 0 Å². The first-order chi connectivity index (χ1) is 5.22. The number of nitrogens with zero attached hydrogens (tertiary/aromatic N) is 1. The topological polar surface area (TPSA) is 52.3 Å². The van der Waals surface area contributed by atoms with Crippen molar-refractivity contribution in [1.29, 1.82) is 0 Å². The van der Waals surface area contributed by atoms with Gasteiger partial charge in [0, 0.05) is 6.07 Å². The van der Waals surface area contributed by atoms with Crippen molar-refractivity contribution in [3.63, 3.8) is 0 Å². The Morgan fingerprint density at radius 2 is 2.64 bits per heavy atom. The Morgan fingerprint density at radius 1 is 1.91 bits per heavy atom. The van der Waals surface area contributed by atoms with Crippen molar-refractivity contribution in [2.24, 2.45) is 0 Å². The molecule has 0 spiro atoms. The van der Waals surface area contributed by atoms with Crippen LogP contribution >= 0.6 is 15.9 Å². The molecular formula is C6H6BrNO3. The van der Waals surface area contributed by atoms with E-state index in [1.54, 1.807) is 6.07 Å². The third-order valence-corrected chi connectivity index (χ3v) is 1.45. The van der Waals surface area contributed by atoms with Crippen LogP contribution in [0.2, 0.25) is 0 Å². The Bertz CT molecular complexity index is 258. The van der Waals surface area contributed by atoms with Crippen LogP contribution in [0.15, 0.2) is 15.2 Å². The van der Waals surface area contributed by atoms with Gasteiger partial charge in [0.25, 0.3) is 0 Å². The van der Waals surface area contributed by atoms with Gasteiger partial charge in [-0.05, 0) is 15.9 Å². The smallest absolute Gasteiger partial charge is 0.313 e. The lowest BCUT2D eigenvalue weighted by Gasteiger charge is -1.91. The molecule has 0 fully saturated rings. The fourth-order valence-corrected chi connectivity index (χ4v) is 0.913. The second-order valence-corrected chi connectivity index (χ2v) is 2.68. The van der Waals surface area contributed by atoms with E-state index < -0.39 is 0 Å². The monoisotopic (exact) mass is 219 g/mol. The minimum Gasteiger partial charge on any atom is -0.469 e. The molecule has 0 saturated carbocycles. The van der Waals surface area contributed by atoms with Gasteiger partial charge in [-0.1, -0.05) is 5.16 Å². The van der Waals surface area contributed by atoms with Crippen LogP contribution in [0.4, 0.5) is 0 Å². The number of halogens is 1. The highest BCUT2D eigenvalue weighted by atomic mass is 79.9. The Balaban J connectivity index is 2.57. The summed E-state index contributed by atoms with van der Waals surface area (Å²) >= 11 is 3.09. The number of methoxy groups -OCH3 is 1. The lowest BCUT2D eigenvalue weighted by molar-refractivity contribution is -0.140. The summed E-state index contributed by atoms with van der Waals surface area (Å²) in [6.45, 7) is 0. The van der Waals surface area contributed by atoms with E-state index in [0.717, 1.165) is 0 Å². The minimum absolute atomic E-state index is 0.120. The SMILES string of the molecule is COC(=O)Cc1cc(Br)no1. The molecule has 0 aliphatic rings. The summed E-state index contributed by atoms with van der Waals surface area (Å²) in [5.74, 6) is 0.150. The van der Waals surface area contributed by atoms with Crippen molar-refractivity contribution in [3.8, 4) is 0 Å². The van der Waals surface area contributed by atoms with Gasteiger partial charge in [0.05, 0.1) is 7.11 Å². The number of hydrogen-bond acceptors (Lipinski definition) is 4. The van der Waals surface area contributed by atoms with Gasteiger partial charge in [0.2, 0.25) is 0 Å². The zero-order valence-corrected chi connectivity index (χ0v) is 7.42. The van der Waals surface area contributed by atoms with Gasteiger partial charge in [-0.2, -0.15) is 0 Å². The van der Waals surface area contributed by atoms with Gasteiger partial charge in [0.1, 0.15) is 16.8 Å². The molecule has 0 saturated heterocycles. The summed E-state index contributed by atoms with van der Waals surface area (Å²) in [5, 5.41) is 3.54. The van der Waals surface area contributed by atoms with Crippen LogP contribution in [-0.2, 0) is 16.0 Å². The first-order valence-corrected chi connectivity index (χ1v) is 3.69. The van der Waals surface area contributed by atoms with Crippen molar-refractivity contribution in [2.45, 2.75) is 6.42 Å². The maximum absolute atomic E-state index is 10.7. The standard InChI is InChI=1S/C6H6BrNO3/c1-10-6(9)3-4-2-5(7)8-11-4/h2H,3H2,1H3. The van der Waals surface area contributed by atoms with Gasteiger partial charge >= 0.3 is 5.97 Å². The van der Waals surface area contributed by atoms with E-state index in [9.17, 15) is 4.79 Å². The number of aromatic nitrogens is 1. The Labute approximate surface area is 71.6 Å². The summed E-state index contributed by atoms with van der Waals surface area (Å²) in [6, 6.07) is 1.62. The molecule has 5 heteroatoms. The zero-order valence-electron chi connectivity index (χ0n) is 5.83. The molecule has 0 N–H and O–H groups in total. The van der Waals surface area contributed by atoms with Gasteiger partial charge in [-0.25, -0.2) is 0 Å². The first-order valence-electron chi connectivity index (χ1n) is 2.90. The third kappa shape index (κ3) is 2.34. The van der Waals surface area contributed by atoms with E-state index in [0.29, 0.717) is 10.4 Å². The summed E-state index contributed by atoms with van der Waals surface area (Å²) in [4.78, 5) is 10.7. The number of ether oxygens (including phenoxy) is 1. The average molecular weight is 220 g/mol. The quantitative estimate of drug-likeness (QED) is 0.701. The Kier molecular flexibility index (Phi) is 2.64. The van der Waals surface area contributed by atoms with E-state index in [1.165, 1.54) is 7.11 Å². The molecule has 1 aromatic heterocycles. The maximum atomic E-state index is 10.7. The van der Waals surface area contributed by atoms with Crippen molar-refractivity contribution >= 4 is 21.9 Å². The minimum atomic E-state index is -0.339. The number of rotatable bonds is 2. The molecular weight excluding hydrogens is 214 g/mol. The van der Waals surface area contributed by atoms with Crippen LogP contribution in [0.3, 0.4) is 0 Å². The van der Waals surface area contributed by atoms with E-state index >= 15 is 0 Å². The van der Waals surface area contributed by atoms with Crippen LogP contribution in [0.1, 0.15) is 5.76 Å². The summed E-state index contributed by atoms with van der Waals surface area (Å²) < 4.78 is 9.74. The second kappa shape index (κ2) is 3.52. The highest BCUT2D eigenvalue weighted by Gasteiger charge is 2.07. The lowest BCUT2D eigenvalue weighted by atomic mass is 10.3. The molecule has 1 heterocycles. The second-order valence-electron chi connectivity index (χ2n) is 1.87. The van der Waals surface area contributed by atoms with Gasteiger partial charge in [-0.15, -0.1) is 0 Å². The van der Waals surface area contributed by atoms with Crippen molar-refractivity contribution in [2.75, 3.05) is 7.11 Å². The number of hydrogen-bond donors (Lipinski definition) is 0. The molecule has 1 aromatic rings. The first kappa shape index (κ1) is 8.26. The molecule has 11 heavy (non-hydrogen) atoms. The summed E-state index contributed by atoms with van der Waals surface area (Å²) in [6.07, 6.45) is 0.120. The van der Waals surface area contributed by atoms with Gasteiger partial charge < -0.3 is 9.26 Å². The number of carbonyl (C=O) groups is 1. The van der Waals surface area contributed by atoms with Gasteiger partial charge in [0.15, 0.2) is 0 Å². The van der Waals surface area contributed by atoms with E-state index in [4.69, 9.17) is 4.52 Å². The van der Waals surface area contributed by atoms with Gasteiger partial charge in [-0.3, -0.25) is 4.79 Å². The molecule has 1 rings (SSSR count). The molecule has 4 nitrogen and oxygen atoms in total. The largest absolute Gasteiger partial charge is 0.469 e. The van der Waals surface area contributed by atoms with Crippen LogP contribution in [-0.4, -0.2) is 18.2 Å². The maximum Gasteiger partial charge on any atom is 0.313 e. The zero-order chi connectivity index (χ0) is 8.27. The van der Waals surface area contributed by atoms with Crippen molar-refractivity contribution < 1.29 is 14.1 Å². The molecule has 0 amide bonds. The number of esters is 1. The highest BCUT2D eigenvalue weighted by Crippen LogP contribution is 2.10. The number of carbonyl (C=O) groups excluding carboxylic acids is 1. The van der Waals surface area contributed by atoms with Crippen LogP contribution in [0.25, 0.3) is 0 Å². The van der Waals surface area contributed by atoms with E-state index in [2.05, 4.69) is 25.8 Å². The normalized spacial score (nSPS) is 9.64. The molecule has 60 valence electrons. The Morgan fingerprint density at radius 3 is 3.09 bits per heavy atom. The highest BCUT2D eigenvalue weighted by molar-refractivity contribution is 9.10. The molecule has 0 aromatic carbocycles. The Hall–Kier alpha value is -0.840.